The molecule has 0 rings (SSSR count). The zero-order chi connectivity index (χ0) is 42.1. The molecule has 0 saturated carbocycles. The van der Waals surface area contributed by atoms with Gasteiger partial charge in [0.15, 0.2) is 12.1 Å². The van der Waals surface area contributed by atoms with Crippen LogP contribution in [-0.2, 0) is 28.6 Å². The highest BCUT2D eigenvalue weighted by Gasteiger charge is 2.31. The van der Waals surface area contributed by atoms with Crippen molar-refractivity contribution in [1.29, 1.82) is 0 Å². The van der Waals surface area contributed by atoms with Crippen molar-refractivity contribution < 1.29 is 38.2 Å². The molecule has 0 fully saturated rings. The maximum atomic E-state index is 12.7. The van der Waals surface area contributed by atoms with E-state index in [2.05, 4.69) is 62.5 Å². The van der Waals surface area contributed by atoms with Gasteiger partial charge < -0.3 is 23.8 Å². The lowest BCUT2D eigenvalue weighted by atomic mass is 10.1. The number of carbonyl (C=O) groups excluding carboxylic acids is 2. The standard InChI is InChI=1S/C49H87NO7/c1-6-8-10-12-14-16-18-20-22-23-24-26-28-30-32-34-36-38-40-48(52)57-45(43-55-42-41-46(49(53)54)50(3,4)5)44-56-47(51)39-37-35-33-31-29-27-25-21-19-17-15-13-11-9-7-2/h17-20,22-24,26,45-46H,6-16,21,25,27-44H2,1-5H3/p+1/b19-17+,20-18+,23-22+,26-24+. The minimum Gasteiger partial charge on any atom is -0.477 e. The quantitative estimate of drug-likeness (QED) is 0.0216. The largest absolute Gasteiger partial charge is 0.477 e. The third kappa shape index (κ3) is 38.6. The number of carboxylic acid groups (broad SMARTS) is 1. The second kappa shape index (κ2) is 40.1. The van der Waals surface area contributed by atoms with Crippen molar-refractivity contribution in [1.82, 2.24) is 0 Å². The highest BCUT2D eigenvalue weighted by molar-refractivity contribution is 5.72. The van der Waals surface area contributed by atoms with Crippen LogP contribution in [0, 0.1) is 0 Å². The second-order valence-corrected chi connectivity index (χ2v) is 16.7. The van der Waals surface area contributed by atoms with Crippen molar-refractivity contribution >= 4 is 17.9 Å². The van der Waals surface area contributed by atoms with Crippen LogP contribution in [0.5, 0.6) is 0 Å². The zero-order valence-electron chi connectivity index (χ0n) is 37.5. The molecule has 2 unspecified atom stereocenters. The number of allylic oxidation sites excluding steroid dienone is 8. The average molecular weight is 803 g/mol. The minimum absolute atomic E-state index is 0.0510. The Hall–Kier alpha value is -2.71. The van der Waals surface area contributed by atoms with Gasteiger partial charge in [-0.05, 0) is 64.2 Å². The molecular formula is C49H88NO7+. The molecule has 57 heavy (non-hydrogen) atoms. The monoisotopic (exact) mass is 803 g/mol. The first kappa shape index (κ1) is 54.3. The molecule has 0 saturated heterocycles. The number of esters is 2. The van der Waals surface area contributed by atoms with Crippen LogP contribution in [0.1, 0.15) is 194 Å². The fourth-order valence-corrected chi connectivity index (χ4v) is 6.62. The Balaban J connectivity index is 4.38. The van der Waals surface area contributed by atoms with Crippen molar-refractivity contribution in [3.05, 3.63) is 48.6 Å². The van der Waals surface area contributed by atoms with Crippen LogP contribution < -0.4 is 0 Å². The molecule has 8 nitrogen and oxygen atoms in total. The highest BCUT2D eigenvalue weighted by atomic mass is 16.6. The van der Waals surface area contributed by atoms with Gasteiger partial charge in [0.1, 0.15) is 6.61 Å². The number of likely N-dealkylation sites (N-methyl/N-ethyl adjacent to an activating group) is 1. The van der Waals surface area contributed by atoms with E-state index in [-0.39, 0.29) is 36.2 Å². The molecule has 0 aliphatic rings. The topological polar surface area (TPSA) is 99.1 Å². The summed E-state index contributed by atoms with van der Waals surface area (Å²) >= 11 is 0. The summed E-state index contributed by atoms with van der Waals surface area (Å²) in [6.45, 7) is 4.68. The van der Waals surface area contributed by atoms with E-state index in [0.29, 0.717) is 19.3 Å². The predicted octanol–water partition coefficient (Wildman–Crippen LogP) is 12.8. The first-order valence-corrected chi connectivity index (χ1v) is 23.2. The maximum Gasteiger partial charge on any atom is 0.362 e. The van der Waals surface area contributed by atoms with Gasteiger partial charge in [-0.2, -0.15) is 0 Å². The number of hydrogen-bond acceptors (Lipinski definition) is 6. The molecule has 0 aromatic heterocycles. The lowest BCUT2D eigenvalue weighted by molar-refractivity contribution is -0.887. The Kier molecular flexibility index (Phi) is 38.2. The Morgan fingerprint density at radius 2 is 0.947 bits per heavy atom. The summed E-state index contributed by atoms with van der Waals surface area (Å²) in [6, 6.07) is -0.620. The molecule has 0 radical (unpaired) electrons. The van der Waals surface area contributed by atoms with Gasteiger partial charge in [0.25, 0.3) is 0 Å². The lowest BCUT2D eigenvalue weighted by Gasteiger charge is -2.31. The fraction of sp³-hybridized carbons (Fsp3) is 0.776. The fourth-order valence-electron chi connectivity index (χ4n) is 6.62. The van der Waals surface area contributed by atoms with Crippen LogP contribution in [0.3, 0.4) is 0 Å². The molecule has 1 N–H and O–H groups in total. The Morgan fingerprint density at radius 1 is 0.526 bits per heavy atom. The van der Waals surface area contributed by atoms with Gasteiger partial charge in [-0.1, -0.05) is 159 Å². The van der Waals surface area contributed by atoms with Crippen LogP contribution in [0.4, 0.5) is 0 Å². The normalized spacial score (nSPS) is 13.4. The van der Waals surface area contributed by atoms with Crippen LogP contribution in [0.2, 0.25) is 0 Å². The molecule has 0 amide bonds. The van der Waals surface area contributed by atoms with E-state index in [1.165, 1.54) is 96.3 Å². The van der Waals surface area contributed by atoms with Crippen LogP contribution in [-0.4, -0.2) is 80.6 Å². The van der Waals surface area contributed by atoms with Gasteiger partial charge in [-0.15, -0.1) is 0 Å². The second-order valence-electron chi connectivity index (χ2n) is 16.7. The van der Waals surface area contributed by atoms with Crippen molar-refractivity contribution in [2.24, 2.45) is 0 Å². The van der Waals surface area contributed by atoms with E-state index in [0.717, 1.165) is 64.2 Å². The van der Waals surface area contributed by atoms with E-state index in [4.69, 9.17) is 14.2 Å². The third-order valence-electron chi connectivity index (χ3n) is 10.3. The maximum absolute atomic E-state index is 12.7. The molecule has 8 heteroatoms. The Morgan fingerprint density at radius 3 is 1.42 bits per heavy atom. The summed E-state index contributed by atoms with van der Waals surface area (Å²) in [5.74, 6) is -1.50. The highest BCUT2D eigenvalue weighted by Crippen LogP contribution is 2.14. The zero-order valence-corrected chi connectivity index (χ0v) is 37.5. The van der Waals surface area contributed by atoms with E-state index in [1.807, 2.05) is 21.1 Å². The number of hydrogen-bond donors (Lipinski definition) is 1. The van der Waals surface area contributed by atoms with Crippen LogP contribution >= 0.6 is 0 Å². The van der Waals surface area contributed by atoms with E-state index in [9.17, 15) is 19.5 Å². The summed E-state index contributed by atoms with van der Waals surface area (Å²) in [4.78, 5) is 37.0. The number of nitrogens with zero attached hydrogens (tertiary/aromatic N) is 1. The van der Waals surface area contributed by atoms with Gasteiger partial charge in [-0.3, -0.25) is 9.59 Å². The number of carbonyl (C=O) groups is 3. The van der Waals surface area contributed by atoms with Gasteiger partial charge in [-0.25, -0.2) is 4.79 Å². The first-order chi connectivity index (χ1) is 27.6. The van der Waals surface area contributed by atoms with Gasteiger partial charge in [0, 0.05) is 19.3 Å². The Bertz CT molecular complexity index is 1070. The molecule has 0 aliphatic carbocycles. The van der Waals surface area contributed by atoms with Crippen molar-refractivity contribution in [2.75, 3.05) is 41.0 Å². The molecule has 2 atom stereocenters. The smallest absolute Gasteiger partial charge is 0.362 e. The minimum atomic E-state index is -0.880. The first-order valence-electron chi connectivity index (χ1n) is 23.2. The van der Waals surface area contributed by atoms with Gasteiger partial charge in [0.2, 0.25) is 0 Å². The molecule has 330 valence electrons. The number of aliphatic carboxylic acids is 1. The summed E-state index contributed by atoms with van der Waals surface area (Å²) < 4.78 is 17.3. The summed E-state index contributed by atoms with van der Waals surface area (Å²) in [5.41, 5.74) is 0. The van der Waals surface area contributed by atoms with Gasteiger partial charge in [0.05, 0.1) is 34.4 Å². The molecular weight excluding hydrogens is 715 g/mol. The number of unbranched alkanes of at least 4 members (excludes halogenated alkanes) is 21. The Labute approximate surface area is 350 Å². The number of carboxylic acids is 1. The van der Waals surface area contributed by atoms with Crippen molar-refractivity contribution in [3.63, 3.8) is 0 Å². The van der Waals surface area contributed by atoms with E-state index in [1.54, 1.807) is 0 Å². The molecule has 0 spiro atoms. The summed E-state index contributed by atoms with van der Waals surface area (Å²) in [6.07, 6.45) is 47.2. The van der Waals surface area contributed by atoms with Crippen molar-refractivity contribution in [3.8, 4) is 0 Å². The molecule has 0 aromatic carbocycles. The van der Waals surface area contributed by atoms with Gasteiger partial charge >= 0.3 is 17.9 Å². The average Bonchev–Trinajstić information content (AvgIpc) is 3.17. The van der Waals surface area contributed by atoms with Crippen molar-refractivity contribution in [2.45, 2.75) is 206 Å². The predicted molar refractivity (Wildman–Crippen MR) is 238 cm³/mol. The molecule has 0 heterocycles. The summed E-state index contributed by atoms with van der Waals surface area (Å²) in [7, 11) is 5.52. The SMILES string of the molecule is CCCCCC/C=C/CCCCCCCCCC(=O)OCC(COCCC(C(=O)O)[N+](C)(C)C)OC(=O)CCCCCCC/C=C/C=C/C=C/CCCCCCC. The number of quaternary nitrogens is 1. The van der Waals surface area contributed by atoms with Crippen LogP contribution in [0.25, 0.3) is 0 Å². The molecule has 0 aromatic rings. The van der Waals surface area contributed by atoms with Crippen LogP contribution in [0.15, 0.2) is 48.6 Å². The molecule has 0 aliphatic heterocycles. The molecule has 0 bridgehead atoms. The van der Waals surface area contributed by atoms with E-state index >= 15 is 0 Å². The third-order valence-corrected chi connectivity index (χ3v) is 10.3. The number of ether oxygens (including phenoxy) is 3. The summed E-state index contributed by atoms with van der Waals surface area (Å²) in [5, 5.41) is 9.63. The van der Waals surface area contributed by atoms with E-state index < -0.39 is 18.1 Å². The lowest BCUT2D eigenvalue weighted by Crippen LogP contribution is -2.50. The number of rotatable bonds is 41.